The van der Waals surface area contributed by atoms with Gasteiger partial charge in [-0.2, -0.15) is 0 Å². The Bertz CT molecular complexity index is 101. The highest BCUT2D eigenvalue weighted by Gasteiger charge is 2.26. The van der Waals surface area contributed by atoms with Crippen molar-refractivity contribution in [1.29, 1.82) is 0 Å². The second kappa shape index (κ2) is 3.35. The SMILES string of the molecule is C[C@H](O)[C@H]1CCCC[C@@H]1O. The molecule has 0 unspecified atom stereocenters. The van der Waals surface area contributed by atoms with Crippen molar-refractivity contribution in [1.82, 2.24) is 0 Å². The van der Waals surface area contributed by atoms with Crippen LogP contribution >= 0.6 is 0 Å². The molecule has 1 aliphatic rings. The van der Waals surface area contributed by atoms with Crippen LogP contribution in [0.5, 0.6) is 0 Å². The molecule has 1 aliphatic carbocycles. The Labute approximate surface area is 61.9 Å². The van der Waals surface area contributed by atoms with Gasteiger partial charge in [0.2, 0.25) is 0 Å². The summed E-state index contributed by atoms with van der Waals surface area (Å²) in [4.78, 5) is 0. The second-order valence-corrected chi connectivity index (χ2v) is 3.26. The van der Waals surface area contributed by atoms with Crippen LogP contribution in [0.15, 0.2) is 0 Å². The standard InChI is InChI=1S/C8H16O2/c1-6(9)7-4-2-3-5-8(7)10/h6-10H,2-5H2,1H3/t6-,7+,8-/m0/s1. The maximum atomic E-state index is 9.38. The van der Waals surface area contributed by atoms with Crippen molar-refractivity contribution in [3.63, 3.8) is 0 Å². The molecule has 0 amide bonds. The quantitative estimate of drug-likeness (QED) is 0.574. The third kappa shape index (κ3) is 1.70. The summed E-state index contributed by atoms with van der Waals surface area (Å²) >= 11 is 0. The fraction of sp³-hybridized carbons (Fsp3) is 1.00. The smallest absolute Gasteiger partial charge is 0.0593 e. The maximum absolute atomic E-state index is 9.38. The molecule has 1 saturated carbocycles. The van der Waals surface area contributed by atoms with Crippen LogP contribution in [0, 0.1) is 5.92 Å². The highest BCUT2D eigenvalue weighted by atomic mass is 16.3. The van der Waals surface area contributed by atoms with Crippen LogP contribution in [0.25, 0.3) is 0 Å². The lowest BCUT2D eigenvalue weighted by Gasteiger charge is -2.29. The molecule has 2 heteroatoms. The minimum absolute atomic E-state index is 0.133. The summed E-state index contributed by atoms with van der Waals surface area (Å²) in [6, 6.07) is 0. The number of hydrogen-bond acceptors (Lipinski definition) is 2. The van der Waals surface area contributed by atoms with Crippen LogP contribution in [0.2, 0.25) is 0 Å². The van der Waals surface area contributed by atoms with Crippen molar-refractivity contribution in [3.8, 4) is 0 Å². The van der Waals surface area contributed by atoms with Gasteiger partial charge in [-0.25, -0.2) is 0 Å². The van der Waals surface area contributed by atoms with Crippen molar-refractivity contribution in [2.75, 3.05) is 0 Å². The molecule has 2 nitrogen and oxygen atoms in total. The van der Waals surface area contributed by atoms with Gasteiger partial charge < -0.3 is 10.2 Å². The van der Waals surface area contributed by atoms with Crippen LogP contribution in [0.1, 0.15) is 32.6 Å². The van der Waals surface area contributed by atoms with Crippen molar-refractivity contribution >= 4 is 0 Å². The van der Waals surface area contributed by atoms with Crippen LogP contribution in [-0.2, 0) is 0 Å². The highest BCUT2D eigenvalue weighted by Crippen LogP contribution is 2.26. The van der Waals surface area contributed by atoms with Gasteiger partial charge in [0.05, 0.1) is 12.2 Å². The molecule has 0 saturated heterocycles. The van der Waals surface area contributed by atoms with Crippen LogP contribution in [0.4, 0.5) is 0 Å². The summed E-state index contributed by atoms with van der Waals surface area (Å²) in [6.45, 7) is 1.76. The summed E-state index contributed by atoms with van der Waals surface area (Å²) in [5.74, 6) is 0.133. The Balaban J connectivity index is 2.40. The van der Waals surface area contributed by atoms with E-state index in [1.165, 1.54) is 0 Å². The molecule has 0 aromatic heterocycles. The molecule has 1 rings (SSSR count). The van der Waals surface area contributed by atoms with Gasteiger partial charge in [-0.15, -0.1) is 0 Å². The van der Waals surface area contributed by atoms with Gasteiger partial charge in [0.1, 0.15) is 0 Å². The first-order chi connectivity index (χ1) is 4.72. The lowest BCUT2D eigenvalue weighted by molar-refractivity contribution is -0.00384. The predicted molar refractivity (Wildman–Crippen MR) is 39.6 cm³/mol. The third-order valence-corrected chi connectivity index (χ3v) is 2.40. The normalized spacial score (nSPS) is 37.5. The molecule has 0 aromatic carbocycles. The second-order valence-electron chi connectivity index (χ2n) is 3.26. The highest BCUT2D eigenvalue weighted by molar-refractivity contribution is 4.77. The molecule has 10 heavy (non-hydrogen) atoms. The summed E-state index contributed by atoms with van der Waals surface area (Å²) in [6.07, 6.45) is 3.54. The molecular formula is C8H16O2. The molecular weight excluding hydrogens is 128 g/mol. The Kier molecular flexibility index (Phi) is 2.69. The zero-order valence-electron chi connectivity index (χ0n) is 6.45. The first kappa shape index (κ1) is 8.02. The first-order valence-corrected chi connectivity index (χ1v) is 4.08. The van der Waals surface area contributed by atoms with E-state index in [0.717, 1.165) is 25.7 Å². The number of hydrogen-bond donors (Lipinski definition) is 2. The maximum Gasteiger partial charge on any atom is 0.0593 e. The molecule has 60 valence electrons. The summed E-state index contributed by atoms with van der Waals surface area (Å²) in [7, 11) is 0. The monoisotopic (exact) mass is 144 g/mol. The van der Waals surface area contributed by atoms with Crippen molar-refractivity contribution < 1.29 is 10.2 Å². The molecule has 3 atom stereocenters. The molecule has 0 radical (unpaired) electrons. The number of rotatable bonds is 1. The third-order valence-electron chi connectivity index (χ3n) is 2.40. The van der Waals surface area contributed by atoms with E-state index in [4.69, 9.17) is 0 Å². The van der Waals surface area contributed by atoms with Crippen LogP contribution < -0.4 is 0 Å². The van der Waals surface area contributed by atoms with Gasteiger partial charge in [0, 0.05) is 5.92 Å². The van der Waals surface area contributed by atoms with Gasteiger partial charge in [0.15, 0.2) is 0 Å². The fourth-order valence-electron chi connectivity index (χ4n) is 1.70. The van der Waals surface area contributed by atoms with E-state index in [1.54, 1.807) is 6.92 Å². The molecule has 0 aromatic rings. The predicted octanol–water partition coefficient (Wildman–Crippen LogP) is 0.918. The number of aliphatic hydroxyl groups excluding tert-OH is 2. The minimum atomic E-state index is -0.338. The van der Waals surface area contributed by atoms with Gasteiger partial charge >= 0.3 is 0 Å². The fourth-order valence-corrected chi connectivity index (χ4v) is 1.70. The zero-order chi connectivity index (χ0) is 7.56. The van der Waals surface area contributed by atoms with E-state index >= 15 is 0 Å². The van der Waals surface area contributed by atoms with E-state index < -0.39 is 0 Å². The largest absolute Gasteiger partial charge is 0.393 e. The first-order valence-electron chi connectivity index (χ1n) is 4.08. The van der Waals surface area contributed by atoms with E-state index in [1.807, 2.05) is 0 Å². The summed E-state index contributed by atoms with van der Waals surface area (Å²) in [5.41, 5.74) is 0. The minimum Gasteiger partial charge on any atom is -0.393 e. The van der Waals surface area contributed by atoms with E-state index in [-0.39, 0.29) is 18.1 Å². The Morgan fingerprint density at radius 2 is 1.90 bits per heavy atom. The topological polar surface area (TPSA) is 40.5 Å². The lowest BCUT2D eigenvalue weighted by atomic mass is 9.83. The molecule has 0 bridgehead atoms. The molecule has 1 fully saturated rings. The van der Waals surface area contributed by atoms with Gasteiger partial charge in [-0.3, -0.25) is 0 Å². The Morgan fingerprint density at radius 3 is 2.30 bits per heavy atom. The van der Waals surface area contributed by atoms with Crippen LogP contribution in [-0.4, -0.2) is 22.4 Å². The van der Waals surface area contributed by atoms with Crippen molar-refractivity contribution in [3.05, 3.63) is 0 Å². The van der Waals surface area contributed by atoms with Gasteiger partial charge in [-0.1, -0.05) is 12.8 Å². The molecule has 0 spiro atoms. The zero-order valence-corrected chi connectivity index (χ0v) is 6.45. The van der Waals surface area contributed by atoms with Crippen molar-refractivity contribution in [2.24, 2.45) is 5.92 Å². The van der Waals surface area contributed by atoms with Gasteiger partial charge in [0.25, 0.3) is 0 Å². The van der Waals surface area contributed by atoms with E-state index in [2.05, 4.69) is 0 Å². The van der Waals surface area contributed by atoms with Gasteiger partial charge in [-0.05, 0) is 19.8 Å². The molecule has 0 aliphatic heterocycles. The molecule has 2 N–H and O–H groups in total. The van der Waals surface area contributed by atoms with Crippen LogP contribution in [0.3, 0.4) is 0 Å². The van der Waals surface area contributed by atoms with Crippen molar-refractivity contribution in [2.45, 2.75) is 44.8 Å². The average molecular weight is 144 g/mol. The lowest BCUT2D eigenvalue weighted by Crippen LogP contribution is -2.32. The summed E-state index contributed by atoms with van der Waals surface area (Å²) < 4.78 is 0. The van der Waals surface area contributed by atoms with E-state index in [0.29, 0.717) is 0 Å². The Morgan fingerprint density at radius 1 is 1.30 bits per heavy atom. The summed E-state index contributed by atoms with van der Waals surface area (Å²) in [5, 5.41) is 18.6. The molecule has 0 heterocycles. The Hall–Kier alpha value is -0.0800. The number of aliphatic hydroxyl groups is 2. The average Bonchev–Trinajstić information content (AvgIpc) is 1.88. The van der Waals surface area contributed by atoms with E-state index in [9.17, 15) is 10.2 Å².